The van der Waals surface area contributed by atoms with Crippen LogP contribution in [0.1, 0.15) is 30.2 Å². The second-order valence-corrected chi connectivity index (χ2v) is 5.13. The highest BCUT2D eigenvalue weighted by atomic mass is 32.1. The maximum absolute atomic E-state index is 12.7. The number of rotatable bonds is 1. The molecule has 0 spiro atoms. The number of benzene rings is 1. The molecule has 1 aromatic carbocycles. The molecule has 0 aliphatic rings. The van der Waals surface area contributed by atoms with Gasteiger partial charge >= 0.3 is 6.18 Å². The van der Waals surface area contributed by atoms with Crippen LogP contribution in [0.3, 0.4) is 0 Å². The third-order valence-electron chi connectivity index (χ3n) is 2.45. The zero-order valence-electron chi connectivity index (χ0n) is 8.93. The smallest absolute Gasteiger partial charge is 0.166 e. The highest BCUT2D eigenvalue weighted by Crippen LogP contribution is 2.39. The summed E-state index contributed by atoms with van der Waals surface area (Å²) in [6.45, 7) is 3.97. The van der Waals surface area contributed by atoms with E-state index in [4.69, 9.17) is 0 Å². The van der Waals surface area contributed by atoms with Crippen molar-refractivity contribution in [1.29, 1.82) is 0 Å². The number of fused-ring (bicyclic) bond motifs is 1. The summed E-state index contributed by atoms with van der Waals surface area (Å²) < 4.78 is 38.9. The molecule has 0 unspecified atom stereocenters. The largest absolute Gasteiger partial charge is 0.417 e. The van der Waals surface area contributed by atoms with E-state index >= 15 is 0 Å². The Balaban J connectivity index is 2.68. The summed E-state index contributed by atoms with van der Waals surface area (Å²) in [4.78, 5) is 0.992. The SMILES string of the molecule is CC(C)c1cc2c(C(F)(F)F)cccc2s1. The molecule has 0 saturated heterocycles. The number of alkyl halides is 3. The zero-order valence-corrected chi connectivity index (χ0v) is 9.75. The van der Waals surface area contributed by atoms with E-state index in [1.807, 2.05) is 13.8 Å². The molecule has 16 heavy (non-hydrogen) atoms. The summed E-state index contributed by atoms with van der Waals surface area (Å²) in [7, 11) is 0. The zero-order chi connectivity index (χ0) is 11.9. The fourth-order valence-electron chi connectivity index (χ4n) is 1.61. The molecular weight excluding hydrogens is 233 g/mol. The van der Waals surface area contributed by atoms with Crippen LogP contribution in [0.5, 0.6) is 0 Å². The number of thiophene rings is 1. The molecule has 0 nitrogen and oxygen atoms in total. The van der Waals surface area contributed by atoms with E-state index < -0.39 is 11.7 Å². The van der Waals surface area contributed by atoms with Gasteiger partial charge in [0.1, 0.15) is 0 Å². The van der Waals surface area contributed by atoms with E-state index in [2.05, 4.69) is 0 Å². The van der Waals surface area contributed by atoms with Gasteiger partial charge in [0.2, 0.25) is 0 Å². The third kappa shape index (κ3) is 1.94. The van der Waals surface area contributed by atoms with Gasteiger partial charge in [-0.25, -0.2) is 0 Å². The summed E-state index contributed by atoms with van der Waals surface area (Å²) in [5, 5.41) is 0.323. The van der Waals surface area contributed by atoms with Crippen LogP contribution in [0.2, 0.25) is 0 Å². The Hall–Kier alpha value is -1.03. The lowest BCUT2D eigenvalue weighted by Crippen LogP contribution is -2.04. The highest BCUT2D eigenvalue weighted by molar-refractivity contribution is 7.19. The van der Waals surface area contributed by atoms with Crippen molar-refractivity contribution in [3.05, 3.63) is 34.7 Å². The summed E-state index contributed by atoms with van der Waals surface area (Å²) in [6.07, 6.45) is -4.27. The highest BCUT2D eigenvalue weighted by Gasteiger charge is 2.32. The van der Waals surface area contributed by atoms with E-state index in [1.165, 1.54) is 17.4 Å². The van der Waals surface area contributed by atoms with Crippen LogP contribution in [-0.4, -0.2) is 0 Å². The monoisotopic (exact) mass is 244 g/mol. The average Bonchev–Trinajstić information content (AvgIpc) is 2.58. The predicted molar refractivity (Wildman–Crippen MR) is 60.9 cm³/mol. The van der Waals surface area contributed by atoms with Crippen LogP contribution in [-0.2, 0) is 6.18 Å². The molecule has 0 saturated carbocycles. The topological polar surface area (TPSA) is 0 Å². The van der Waals surface area contributed by atoms with E-state index in [1.54, 1.807) is 12.1 Å². The van der Waals surface area contributed by atoms with Crippen molar-refractivity contribution >= 4 is 21.4 Å². The van der Waals surface area contributed by atoms with Crippen LogP contribution in [0, 0.1) is 0 Å². The molecule has 0 aliphatic carbocycles. The van der Waals surface area contributed by atoms with Crippen LogP contribution in [0.4, 0.5) is 13.2 Å². The Kier molecular flexibility index (Phi) is 2.70. The van der Waals surface area contributed by atoms with Crippen LogP contribution >= 0.6 is 11.3 Å². The summed E-state index contributed by atoms with van der Waals surface area (Å²) in [5.41, 5.74) is -0.534. The van der Waals surface area contributed by atoms with Crippen molar-refractivity contribution in [2.24, 2.45) is 0 Å². The van der Waals surface area contributed by atoms with Gasteiger partial charge in [-0.1, -0.05) is 19.9 Å². The standard InChI is InChI=1S/C12H11F3S/c1-7(2)11-6-8-9(12(13,14)15)4-3-5-10(8)16-11/h3-7H,1-2H3. The quantitative estimate of drug-likeness (QED) is 0.659. The van der Waals surface area contributed by atoms with Gasteiger partial charge in [0.05, 0.1) is 5.56 Å². The predicted octanol–water partition coefficient (Wildman–Crippen LogP) is 5.04. The molecule has 4 heteroatoms. The van der Waals surface area contributed by atoms with Crippen LogP contribution in [0.15, 0.2) is 24.3 Å². The maximum atomic E-state index is 12.7. The molecule has 2 rings (SSSR count). The molecule has 0 aliphatic heterocycles. The molecule has 2 aromatic rings. The van der Waals surface area contributed by atoms with Crippen molar-refractivity contribution in [2.45, 2.75) is 25.9 Å². The molecular formula is C12H11F3S. The number of hydrogen-bond acceptors (Lipinski definition) is 1. The first kappa shape index (κ1) is 11.5. The van der Waals surface area contributed by atoms with Gasteiger partial charge in [0, 0.05) is 15.0 Å². The normalized spacial score (nSPS) is 12.6. The second-order valence-electron chi connectivity index (χ2n) is 4.02. The van der Waals surface area contributed by atoms with Crippen molar-refractivity contribution in [2.75, 3.05) is 0 Å². The fourth-order valence-corrected chi connectivity index (χ4v) is 2.70. The van der Waals surface area contributed by atoms with Crippen LogP contribution < -0.4 is 0 Å². The molecule has 0 atom stereocenters. The Labute approximate surface area is 95.7 Å². The molecule has 0 amide bonds. The molecule has 0 N–H and O–H groups in total. The molecule has 0 fully saturated rings. The first-order chi connectivity index (χ1) is 7.39. The Morgan fingerprint density at radius 2 is 1.88 bits per heavy atom. The van der Waals surface area contributed by atoms with Gasteiger partial charge in [-0.15, -0.1) is 11.3 Å². The lowest BCUT2D eigenvalue weighted by atomic mass is 10.1. The van der Waals surface area contributed by atoms with Gasteiger partial charge in [-0.05, 0) is 24.1 Å². The first-order valence-corrected chi connectivity index (χ1v) is 5.81. The van der Waals surface area contributed by atoms with Crippen molar-refractivity contribution in [3.63, 3.8) is 0 Å². The summed E-state index contributed by atoms with van der Waals surface area (Å²) in [6, 6.07) is 6.00. The molecule has 0 bridgehead atoms. The number of halogens is 3. The van der Waals surface area contributed by atoms with Crippen molar-refractivity contribution in [1.82, 2.24) is 0 Å². The minimum atomic E-state index is -4.27. The van der Waals surface area contributed by atoms with E-state index in [9.17, 15) is 13.2 Å². The van der Waals surface area contributed by atoms with Gasteiger partial charge in [0.15, 0.2) is 0 Å². The van der Waals surface area contributed by atoms with Crippen molar-refractivity contribution in [3.8, 4) is 0 Å². The van der Waals surface area contributed by atoms with Gasteiger partial charge in [0.25, 0.3) is 0 Å². The number of hydrogen-bond donors (Lipinski definition) is 0. The van der Waals surface area contributed by atoms with E-state index in [0.29, 0.717) is 10.1 Å². The minimum absolute atomic E-state index is 0.262. The van der Waals surface area contributed by atoms with Crippen molar-refractivity contribution < 1.29 is 13.2 Å². The minimum Gasteiger partial charge on any atom is -0.166 e. The lowest BCUT2D eigenvalue weighted by molar-refractivity contribution is -0.136. The molecule has 1 heterocycles. The van der Waals surface area contributed by atoms with Gasteiger partial charge in [-0.3, -0.25) is 0 Å². The molecule has 1 aromatic heterocycles. The Bertz CT molecular complexity index is 508. The van der Waals surface area contributed by atoms with E-state index in [0.717, 1.165) is 10.9 Å². The summed E-state index contributed by atoms with van der Waals surface area (Å²) in [5.74, 6) is 0.262. The first-order valence-electron chi connectivity index (χ1n) is 4.99. The lowest BCUT2D eigenvalue weighted by Gasteiger charge is -2.07. The summed E-state index contributed by atoms with van der Waals surface area (Å²) >= 11 is 1.44. The van der Waals surface area contributed by atoms with Crippen LogP contribution in [0.25, 0.3) is 10.1 Å². The fraction of sp³-hybridized carbons (Fsp3) is 0.333. The van der Waals surface area contributed by atoms with E-state index in [-0.39, 0.29) is 5.92 Å². The Morgan fingerprint density at radius 3 is 2.44 bits per heavy atom. The maximum Gasteiger partial charge on any atom is 0.417 e. The average molecular weight is 244 g/mol. The Morgan fingerprint density at radius 1 is 1.19 bits per heavy atom. The van der Waals surface area contributed by atoms with Gasteiger partial charge < -0.3 is 0 Å². The molecule has 0 radical (unpaired) electrons. The second kappa shape index (κ2) is 3.77. The molecule has 86 valence electrons. The van der Waals surface area contributed by atoms with Gasteiger partial charge in [-0.2, -0.15) is 13.2 Å². The third-order valence-corrected chi connectivity index (χ3v) is 3.86.